The van der Waals surface area contributed by atoms with Gasteiger partial charge in [0.15, 0.2) is 0 Å². The fourth-order valence-corrected chi connectivity index (χ4v) is 1.23. The third kappa shape index (κ3) is 5.64. The Morgan fingerprint density at radius 1 is 1.27 bits per heavy atom. The van der Waals surface area contributed by atoms with Crippen LogP contribution in [0.3, 0.4) is 0 Å². The van der Waals surface area contributed by atoms with Crippen LogP contribution in [0.5, 0.6) is 0 Å². The normalized spacial score (nSPS) is 13.1. The average molecular weight is 215 g/mol. The highest BCUT2D eigenvalue weighted by Crippen LogP contribution is 2.21. The van der Waals surface area contributed by atoms with E-state index in [-0.39, 0.29) is 18.5 Å². The fraction of sp³-hybridized carbons (Fsp3) is 0.400. The molecule has 0 rings (SSSR count). The maximum Gasteiger partial charge on any atom is 0.307 e. The van der Waals surface area contributed by atoms with Gasteiger partial charge in [-0.3, -0.25) is 9.59 Å². The first kappa shape index (κ1) is 15.8. The largest absolute Gasteiger partial charge is 0.481 e. The Morgan fingerprint density at radius 2 is 1.80 bits per heavy atom. The molecule has 0 aromatic rings. The van der Waals surface area contributed by atoms with E-state index in [2.05, 4.69) is 13.2 Å². The lowest BCUT2D eigenvalue weighted by atomic mass is 9.87. The van der Waals surface area contributed by atoms with Crippen LogP contribution >= 0.6 is 0 Å². The lowest BCUT2D eigenvalue weighted by Gasteiger charge is -2.17. The predicted octanol–water partition coefficient (Wildman–Crippen LogP) is 1.70. The molecule has 0 saturated carbocycles. The minimum absolute atomic E-state index is 0. The van der Waals surface area contributed by atoms with Gasteiger partial charge in [-0.15, -0.1) is 13.2 Å². The van der Waals surface area contributed by atoms with Crippen molar-refractivity contribution in [3.63, 3.8) is 0 Å². The smallest absolute Gasteiger partial charge is 0.307 e. The summed E-state index contributed by atoms with van der Waals surface area (Å²) in [7, 11) is 0. The van der Waals surface area contributed by atoms with Crippen molar-refractivity contribution >= 4 is 11.9 Å². The van der Waals surface area contributed by atoms with E-state index >= 15 is 0 Å². The van der Waals surface area contributed by atoms with Gasteiger partial charge in [-0.2, -0.15) is 0 Å². The molecule has 0 heterocycles. The summed E-state index contributed by atoms with van der Waals surface area (Å²) < 4.78 is 0. The van der Waals surface area contributed by atoms with Crippen molar-refractivity contribution < 1.29 is 19.8 Å². The molecule has 0 amide bonds. The third-order valence-corrected chi connectivity index (χ3v) is 1.97. The number of allylic oxidation sites excluding steroid dienone is 2. The topological polar surface area (TPSA) is 110 Å². The highest BCUT2D eigenvalue weighted by molar-refractivity contribution is 5.78. The molecule has 0 aromatic heterocycles. The fourth-order valence-electron chi connectivity index (χ4n) is 1.23. The molecule has 15 heavy (non-hydrogen) atoms. The number of carboxylic acids is 2. The minimum atomic E-state index is -1.12. The zero-order valence-electron chi connectivity index (χ0n) is 8.56. The Kier molecular flexibility index (Phi) is 8.18. The van der Waals surface area contributed by atoms with Crippen LogP contribution in [0.1, 0.15) is 12.8 Å². The zero-order valence-corrected chi connectivity index (χ0v) is 8.56. The van der Waals surface area contributed by atoms with Crippen molar-refractivity contribution in [3.8, 4) is 0 Å². The SMILES string of the molecule is C=CCC(C=C)C(CC(=O)O)C(=O)O.N. The highest BCUT2D eigenvalue weighted by Gasteiger charge is 2.27. The Labute approximate surface area is 88.7 Å². The standard InChI is InChI=1S/C10H14O4.H3N/c1-3-5-7(4-2)8(10(13)14)6-9(11)12;/h3-4,7-8H,1-2,5-6H2,(H,11,12)(H,13,14);1H3. The molecule has 0 bridgehead atoms. The van der Waals surface area contributed by atoms with E-state index in [9.17, 15) is 9.59 Å². The molecule has 0 aliphatic heterocycles. The number of aliphatic carboxylic acids is 2. The summed E-state index contributed by atoms with van der Waals surface area (Å²) >= 11 is 0. The number of hydrogen-bond donors (Lipinski definition) is 3. The molecule has 5 nitrogen and oxygen atoms in total. The zero-order chi connectivity index (χ0) is 11.1. The van der Waals surface area contributed by atoms with Crippen molar-refractivity contribution in [3.05, 3.63) is 25.3 Å². The van der Waals surface area contributed by atoms with E-state index in [1.807, 2.05) is 0 Å². The van der Waals surface area contributed by atoms with Gasteiger partial charge in [0.1, 0.15) is 0 Å². The Balaban J connectivity index is 0. The van der Waals surface area contributed by atoms with Gasteiger partial charge in [0, 0.05) is 0 Å². The predicted molar refractivity (Wildman–Crippen MR) is 56.9 cm³/mol. The van der Waals surface area contributed by atoms with Crippen LogP contribution in [0.15, 0.2) is 25.3 Å². The van der Waals surface area contributed by atoms with Crippen LogP contribution in [-0.4, -0.2) is 22.2 Å². The third-order valence-electron chi connectivity index (χ3n) is 1.97. The molecule has 0 aliphatic rings. The van der Waals surface area contributed by atoms with Gasteiger partial charge in [0.05, 0.1) is 12.3 Å². The van der Waals surface area contributed by atoms with E-state index in [0.29, 0.717) is 6.42 Å². The molecule has 0 spiro atoms. The lowest BCUT2D eigenvalue weighted by molar-refractivity contribution is -0.149. The summed E-state index contributed by atoms with van der Waals surface area (Å²) in [5.74, 6) is -3.53. The van der Waals surface area contributed by atoms with Crippen molar-refractivity contribution in [2.24, 2.45) is 11.8 Å². The quantitative estimate of drug-likeness (QED) is 0.560. The summed E-state index contributed by atoms with van der Waals surface area (Å²) in [6, 6.07) is 0. The van der Waals surface area contributed by atoms with Crippen LogP contribution in [0, 0.1) is 11.8 Å². The molecule has 0 saturated heterocycles. The molecule has 0 radical (unpaired) electrons. The van der Waals surface area contributed by atoms with Crippen LogP contribution in [0.25, 0.3) is 0 Å². The maximum atomic E-state index is 10.8. The van der Waals surface area contributed by atoms with Crippen LogP contribution in [-0.2, 0) is 9.59 Å². The van der Waals surface area contributed by atoms with Gasteiger partial charge in [0.2, 0.25) is 0 Å². The molecule has 0 fully saturated rings. The molecular formula is C10H17NO4. The molecule has 86 valence electrons. The molecular weight excluding hydrogens is 198 g/mol. The molecule has 0 aromatic carbocycles. The first-order chi connectivity index (χ1) is 6.52. The number of carboxylic acid groups (broad SMARTS) is 2. The second kappa shape index (κ2) is 7.75. The van der Waals surface area contributed by atoms with E-state index in [4.69, 9.17) is 10.2 Å². The Hall–Kier alpha value is -1.62. The van der Waals surface area contributed by atoms with E-state index in [1.165, 1.54) is 6.08 Å². The molecule has 5 heteroatoms. The molecule has 2 unspecified atom stereocenters. The second-order valence-electron chi connectivity index (χ2n) is 2.97. The number of hydrogen-bond acceptors (Lipinski definition) is 3. The van der Waals surface area contributed by atoms with E-state index < -0.39 is 17.9 Å². The van der Waals surface area contributed by atoms with Gasteiger partial charge in [0.25, 0.3) is 0 Å². The average Bonchev–Trinajstić information content (AvgIpc) is 2.10. The van der Waals surface area contributed by atoms with Crippen LogP contribution < -0.4 is 6.15 Å². The van der Waals surface area contributed by atoms with E-state index in [1.54, 1.807) is 6.08 Å². The summed E-state index contributed by atoms with van der Waals surface area (Å²) in [5.41, 5.74) is 0. The summed E-state index contributed by atoms with van der Waals surface area (Å²) in [5, 5.41) is 17.3. The maximum absolute atomic E-state index is 10.8. The monoisotopic (exact) mass is 215 g/mol. The van der Waals surface area contributed by atoms with Crippen molar-refractivity contribution in [1.82, 2.24) is 6.15 Å². The second-order valence-corrected chi connectivity index (χ2v) is 2.97. The van der Waals surface area contributed by atoms with Gasteiger partial charge in [-0.1, -0.05) is 12.2 Å². The number of rotatable bonds is 7. The van der Waals surface area contributed by atoms with Crippen LogP contribution in [0.4, 0.5) is 0 Å². The molecule has 2 atom stereocenters. The molecule has 0 aliphatic carbocycles. The lowest BCUT2D eigenvalue weighted by Crippen LogP contribution is -2.24. The summed E-state index contributed by atoms with van der Waals surface area (Å²) in [6.45, 7) is 6.97. The number of carbonyl (C=O) groups is 2. The first-order valence-corrected chi connectivity index (χ1v) is 4.21. The Morgan fingerprint density at radius 3 is 2.07 bits per heavy atom. The Bertz CT molecular complexity index is 250. The summed E-state index contributed by atoms with van der Waals surface area (Å²) in [4.78, 5) is 21.2. The van der Waals surface area contributed by atoms with Gasteiger partial charge >= 0.3 is 11.9 Å². The molecule has 5 N–H and O–H groups in total. The summed E-state index contributed by atoms with van der Waals surface area (Å²) in [6.07, 6.45) is 3.06. The van der Waals surface area contributed by atoms with Crippen molar-refractivity contribution in [2.45, 2.75) is 12.8 Å². The van der Waals surface area contributed by atoms with Crippen LogP contribution in [0.2, 0.25) is 0 Å². The van der Waals surface area contributed by atoms with Crippen molar-refractivity contribution in [1.29, 1.82) is 0 Å². The van der Waals surface area contributed by atoms with E-state index in [0.717, 1.165) is 0 Å². The van der Waals surface area contributed by atoms with Gasteiger partial charge < -0.3 is 16.4 Å². The van der Waals surface area contributed by atoms with Gasteiger partial charge in [-0.25, -0.2) is 0 Å². The first-order valence-electron chi connectivity index (χ1n) is 4.21. The highest BCUT2D eigenvalue weighted by atomic mass is 16.4. The van der Waals surface area contributed by atoms with Crippen molar-refractivity contribution in [2.75, 3.05) is 0 Å². The van der Waals surface area contributed by atoms with Gasteiger partial charge in [-0.05, 0) is 12.3 Å². The minimum Gasteiger partial charge on any atom is -0.481 e.